The molecule has 108 valence electrons. The first kappa shape index (κ1) is 13.9. The van der Waals surface area contributed by atoms with Gasteiger partial charge >= 0.3 is 0 Å². The summed E-state index contributed by atoms with van der Waals surface area (Å²) in [4.78, 5) is 16.5. The molecule has 0 aliphatic rings. The molecule has 0 aliphatic carbocycles. The lowest BCUT2D eigenvalue weighted by molar-refractivity contribution is 0.0913. The molecule has 1 amide bonds. The summed E-state index contributed by atoms with van der Waals surface area (Å²) in [5.74, 6) is 0.0589. The van der Waals surface area contributed by atoms with Crippen molar-refractivity contribution >= 4 is 39.5 Å². The molecule has 0 saturated heterocycles. The Morgan fingerprint density at radius 1 is 1.33 bits per heavy atom. The standard InChI is InChI=1S/C16H15ClN2O2/c1-3-9(2)18-15(20)14-7-11-6-10-4-5-12(17)8-13(10)19-16(11)21-14/h4-9H,3H2,1-2H3,(H,18,20). The van der Waals surface area contributed by atoms with E-state index in [1.807, 2.05) is 32.0 Å². The largest absolute Gasteiger partial charge is 0.433 e. The van der Waals surface area contributed by atoms with E-state index < -0.39 is 0 Å². The monoisotopic (exact) mass is 302 g/mol. The van der Waals surface area contributed by atoms with Crippen molar-refractivity contribution in [2.75, 3.05) is 0 Å². The molecule has 2 heterocycles. The lowest BCUT2D eigenvalue weighted by Gasteiger charge is -2.08. The maximum atomic E-state index is 12.1. The van der Waals surface area contributed by atoms with Crippen molar-refractivity contribution < 1.29 is 9.21 Å². The molecule has 0 radical (unpaired) electrons. The van der Waals surface area contributed by atoms with E-state index in [0.29, 0.717) is 10.7 Å². The zero-order valence-electron chi connectivity index (χ0n) is 11.8. The summed E-state index contributed by atoms with van der Waals surface area (Å²) >= 11 is 5.96. The van der Waals surface area contributed by atoms with Crippen molar-refractivity contribution in [3.8, 4) is 0 Å². The van der Waals surface area contributed by atoms with Gasteiger partial charge in [-0.25, -0.2) is 4.98 Å². The molecule has 4 nitrogen and oxygen atoms in total. The Morgan fingerprint density at radius 3 is 2.90 bits per heavy atom. The highest BCUT2D eigenvalue weighted by Crippen LogP contribution is 2.24. The van der Waals surface area contributed by atoms with E-state index in [1.165, 1.54) is 0 Å². The highest BCUT2D eigenvalue weighted by molar-refractivity contribution is 6.31. The topological polar surface area (TPSA) is 55.1 Å². The van der Waals surface area contributed by atoms with Crippen LogP contribution in [-0.4, -0.2) is 16.9 Å². The molecule has 1 atom stereocenters. The first-order valence-electron chi connectivity index (χ1n) is 6.87. The SMILES string of the molecule is CCC(C)NC(=O)c1cc2cc3ccc(Cl)cc3nc2o1. The van der Waals surface area contributed by atoms with Gasteiger partial charge in [0.2, 0.25) is 5.71 Å². The zero-order valence-corrected chi connectivity index (χ0v) is 12.6. The van der Waals surface area contributed by atoms with Crippen LogP contribution in [0.4, 0.5) is 0 Å². The smallest absolute Gasteiger partial charge is 0.287 e. The quantitative estimate of drug-likeness (QED) is 0.790. The Bertz CT molecular complexity index is 826. The number of fused-ring (bicyclic) bond motifs is 2. The summed E-state index contributed by atoms with van der Waals surface area (Å²) < 4.78 is 5.56. The normalized spacial score (nSPS) is 12.7. The average molecular weight is 303 g/mol. The lowest BCUT2D eigenvalue weighted by Crippen LogP contribution is -2.31. The number of carbonyl (C=O) groups excluding carboxylic acids is 1. The molecular weight excluding hydrogens is 288 g/mol. The summed E-state index contributed by atoms with van der Waals surface area (Å²) in [6, 6.07) is 9.25. The fourth-order valence-corrected chi connectivity index (χ4v) is 2.27. The molecule has 1 unspecified atom stereocenters. The highest BCUT2D eigenvalue weighted by Gasteiger charge is 2.15. The predicted molar refractivity (Wildman–Crippen MR) is 83.7 cm³/mol. The van der Waals surface area contributed by atoms with Gasteiger partial charge in [-0.15, -0.1) is 0 Å². The van der Waals surface area contributed by atoms with Crippen LogP contribution in [0, 0.1) is 0 Å². The number of pyridine rings is 1. The van der Waals surface area contributed by atoms with Crippen LogP contribution in [0.1, 0.15) is 30.8 Å². The molecule has 0 saturated carbocycles. The number of nitrogens with zero attached hydrogens (tertiary/aromatic N) is 1. The van der Waals surface area contributed by atoms with E-state index in [-0.39, 0.29) is 17.7 Å². The predicted octanol–water partition coefficient (Wildman–Crippen LogP) is 4.16. The van der Waals surface area contributed by atoms with Crippen molar-refractivity contribution in [3.05, 3.63) is 41.1 Å². The van der Waals surface area contributed by atoms with Crippen molar-refractivity contribution in [1.82, 2.24) is 10.3 Å². The van der Waals surface area contributed by atoms with Gasteiger partial charge in [-0.3, -0.25) is 4.79 Å². The number of rotatable bonds is 3. The second-order valence-electron chi connectivity index (χ2n) is 5.11. The van der Waals surface area contributed by atoms with Gasteiger partial charge in [0.05, 0.1) is 5.52 Å². The summed E-state index contributed by atoms with van der Waals surface area (Å²) in [6.45, 7) is 3.97. The molecular formula is C16H15ClN2O2. The van der Waals surface area contributed by atoms with Gasteiger partial charge in [-0.1, -0.05) is 24.6 Å². The first-order chi connectivity index (χ1) is 10.1. The minimum atomic E-state index is -0.218. The van der Waals surface area contributed by atoms with Crippen LogP contribution in [0.3, 0.4) is 0 Å². The molecule has 0 aliphatic heterocycles. The lowest BCUT2D eigenvalue weighted by atomic mass is 10.2. The Labute approximate surface area is 127 Å². The molecule has 0 fully saturated rings. The van der Waals surface area contributed by atoms with Gasteiger partial charge in [-0.2, -0.15) is 0 Å². The van der Waals surface area contributed by atoms with Gasteiger partial charge in [0, 0.05) is 21.8 Å². The van der Waals surface area contributed by atoms with Crippen LogP contribution in [0.25, 0.3) is 22.0 Å². The third-order valence-electron chi connectivity index (χ3n) is 3.48. The molecule has 1 aromatic carbocycles. The van der Waals surface area contributed by atoms with Gasteiger partial charge in [0.15, 0.2) is 5.76 Å². The van der Waals surface area contributed by atoms with Crippen LogP contribution >= 0.6 is 11.6 Å². The minimum absolute atomic E-state index is 0.108. The van der Waals surface area contributed by atoms with Gasteiger partial charge in [-0.05, 0) is 37.6 Å². The van der Waals surface area contributed by atoms with E-state index in [1.54, 1.807) is 12.1 Å². The summed E-state index contributed by atoms with van der Waals surface area (Å²) in [7, 11) is 0. The third kappa shape index (κ3) is 2.72. The number of amides is 1. The second-order valence-corrected chi connectivity index (χ2v) is 5.55. The summed E-state index contributed by atoms with van der Waals surface area (Å²) in [5, 5.41) is 5.26. The first-order valence-corrected chi connectivity index (χ1v) is 7.25. The third-order valence-corrected chi connectivity index (χ3v) is 3.71. The molecule has 21 heavy (non-hydrogen) atoms. The number of hydrogen-bond donors (Lipinski definition) is 1. The molecule has 2 aromatic heterocycles. The number of carbonyl (C=O) groups is 1. The second kappa shape index (κ2) is 5.37. The number of hydrogen-bond acceptors (Lipinski definition) is 3. The molecule has 3 aromatic rings. The van der Waals surface area contributed by atoms with Gasteiger partial charge < -0.3 is 9.73 Å². The number of aromatic nitrogens is 1. The minimum Gasteiger partial charge on any atom is -0.433 e. The van der Waals surface area contributed by atoms with E-state index >= 15 is 0 Å². The van der Waals surface area contributed by atoms with Crippen molar-refractivity contribution in [2.24, 2.45) is 0 Å². The van der Waals surface area contributed by atoms with Crippen LogP contribution in [0.5, 0.6) is 0 Å². The Morgan fingerprint density at radius 2 is 2.14 bits per heavy atom. The fourth-order valence-electron chi connectivity index (χ4n) is 2.11. The summed E-state index contributed by atoms with van der Waals surface area (Å²) in [6.07, 6.45) is 0.868. The molecule has 0 bridgehead atoms. The van der Waals surface area contributed by atoms with E-state index in [2.05, 4.69) is 10.3 Å². The number of furan rings is 1. The van der Waals surface area contributed by atoms with Crippen molar-refractivity contribution in [3.63, 3.8) is 0 Å². The van der Waals surface area contributed by atoms with E-state index in [4.69, 9.17) is 16.0 Å². The van der Waals surface area contributed by atoms with E-state index in [0.717, 1.165) is 22.7 Å². The maximum absolute atomic E-state index is 12.1. The van der Waals surface area contributed by atoms with Crippen molar-refractivity contribution in [2.45, 2.75) is 26.3 Å². The van der Waals surface area contributed by atoms with Crippen LogP contribution in [0.15, 0.2) is 34.7 Å². The zero-order chi connectivity index (χ0) is 15.0. The van der Waals surface area contributed by atoms with Crippen molar-refractivity contribution in [1.29, 1.82) is 0 Å². The van der Waals surface area contributed by atoms with Crippen LogP contribution < -0.4 is 5.32 Å². The molecule has 0 spiro atoms. The Balaban J connectivity index is 2.03. The molecule has 1 N–H and O–H groups in total. The number of halogens is 1. The Hall–Kier alpha value is -2.07. The highest BCUT2D eigenvalue weighted by atomic mass is 35.5. The Kier molecular flexibility index (Phi) is 3.55. The molecule has 5 heteroatoms. The average Bonchev–Trinajstić information content (AvgIpc) is 2.87. The fraction of sp³-hybridized carbons (Fsp3) is 0.250. The van der Waals surface area contributed by atoms with Crippen LogP contribution in [-0.2, 0) is 0 Å². The molecule has 3 rings (SSSR count). The van der Waals surface area contributed by atoms with Crippen LogP contribution in [0.2, 0.25) is 5.02 Å². The van der Waals surface area contributed by atoms with Gasteiger partial charge in [0.25, 0.3) is 5.91 Å². The van der Waals surface area contributed by atoms with E-state index in [9.17, 15) is 4.79 Å². The van der Waals surface area contributed by atoms with Gasteiger partial charge in [0.1, 0.15) is 0 Å². The number of benzene rings is 1. The maximum Gasteiger partial charge on any atom is 0.287 e. The summed E-state index contributed by atoms with van der Waals surface area (Å²) in [5.41, 5.74) is 1.19. The number of nitrogens with one attached hydrogen (secondary N) is 1.